The number of fused-ring (bicyclic) bond motifs is 1. The van der Waals surface area contributed by atoms with Crippen LogP contribution in [-0.2, 0) is 17.9 Å². The SMILES string of the molecule is CC1CN(C(=O)Cn2ccc(-c3ccc4ncnc(Nc5ccc(OCc6cccc(F)c6)c(Cl)c5)c4c3)c2)C[C@H](C)N1. The predicted molar refractivity (Wildman–Crippen MR) is 167 cm³/mol. The fourth-order valence-corrected chi connectivity index (χ4v) is 5.69. The third-order valence-electron chi connectivity index (χ3n) is 7.43. The molecule has 220 valence electrons. The van der Waals surface area contributed by atoms with Crippen LogP contribution in [0.3, 0.4) is 0 Å². The van der Waals surface area contributed by atoms with Crippen LogP contribution in [0.4, 0.5) is 15.9 Å². The van der Waals surface area contributed by atoms with Gasteiger partial charge in [0, 0.05) is 48.6 Å². The predicted octanol–water partition coefficient (Wildman–Crippen LogP) is 6.42. The monoisotopic (exact) mass is 598 g/mol. The highest BCUT2D eigenvalue weighted by Gasteiger charge is 2.24. The highest BCUT2D eigenvalue weighted by molar-refractivity contribution is 6.32. The summed E-state index contributed by atoms with van der Waals surface area (Å²) in [5, 5.41) is 8.08. The van der Waals surface area contributed by atoms with Crippen LogP contribution < -0.4 is 15.4 Å². The highest BCUT2D eigenvalue weighted by atomic mass is 35.5. The first-order chi connectivity index (χ1) is 20.8. The molecule has 1 amide bonds. The Hall–Kier alpha value is -4.47. The summed E-state index contributed by atoms with van der Waals surface area (Å²) < 4.78 is 21.2. The van der Waals surface area contributed by atoms with E-state index in [0.717, 1.165) is 27.7 Å². The van der Waals surface area contributed by atoms with Gasteiger partial charge < -0.3 is 24.8 Å². The number of carbonyl (C=O) groups is 1. The molecule has 43 heavy (non-hydrogen) atoms. The maximum Gasteiger partial charge on any atom is 0.242 e. The molecule has 1 saturated heterocycles. The molecule has 0 radical (unpaired) electrons. The van der Waals surface area contributed by atoms with Gasteiger partial charge in [0.2, 0.25) is 5.91 Å². The molecule has 2 N–H and O–H groups in total. The molecule has 1 unspecified atom stereocenters. The molecule has 3 heterocycles. The molecular formula is C33H32ClFN6O2. The van der Waals surface area contributed by atoms with Crippen molar-refractivity contribution in [2.45, 2.75) is 39.1 Å². The smallest absolute Gasteiger partial charge is 0.242 e. The van der Waals surface area contributed by atoms with Crippen molar-refractivity contribution in [2.24, 2.45) is 0 Å². The molecule has 1 aliphatic rings. The summed E-state index contributed by atoms with van der Waals surface area (Å²) >= 11 is 6.51. The summed E-state index contributed by atoms with van der Waals surface area (Å²) in [5.41, 5.74) is 4.22. The van der Waals surface area contributed by atoms with Crippen molar-refractivity contribution in [3.63, 3.8) is 0 Å². The van der Waals surface area contributed by atoms with Gasteiger partial charge in [-0.2, -0.15) is 0 Å². The standard InChI is InChI=1S/C33H32ClFN6O2/c1-21-15-41(16-22(2)38-21)32(42)18-40-11-10-25(17-40)24-6-8-30-28(13-24)33(37-20-36-30)39-27-7-9-31(29(34)14-27)43-19-23-4-3-5-26(35)12-23/h3-14,17,20-22,38H,15-16,18-19H2,1-2H3,(H,36,37,39)/t21-,22?/m0/s1. The third kappa shape index (κ3) is 6.79. The lowest BCUT2D eigenvalue weighted by Crippen LogP contribution is -2.56. The van der Waals surface area contributed by atoms with Gasteiger partial charge in [-0.1, -0.05) is 29.8 Å². The van der Waals surface area contributed by atoms with E-state index in [1.165, 1.54) is 18.5 Å². The van der Waals surface area contributed by atoms with E-state index < -0.39 is 0 Å². The molecular weight excluding hydrogens is 567 g/mol. The molecule has 1 fully saturated rings. The number of nitrogens with zero attached hydrogens (tertiary/aromatic N) is 4. The number of amides is 1. The van der Waals surface area contributed by atoms with Crippen LogP contribution in [0.1, 0.15) is 19.4 Å². The number of aromatic nitrogens is 3. The van der Waals surface area contributed by atoms with E-state index in [1.54, 1.807) is 24.3 Å². The van der Waals surface area contributed by atoms with E-state index in [4.69, 9.17) is 16.3 Å². The summed E-state index contributed by atoms with van der Waals surface area (Å²) in [7, 11) is 0. The van der Waals surface area contributed by atoms with Gasteiger partial charge in [0.15, 0.2) is 0 Å². The number of halogens is 2. The van der Waals surface area contributed by atoms with Crippen LogP contribution in [0.15, 0.2) is 85.5 Å². The van der Waals surface area contributed by atoms with E-state index in [-0.39, 0.29) is 30.4 Å². The highest BCUT2D eigenvalue weighted by Crippen LogP contribution is 2.32. The Morgan fingerprint density at radius 2 is 1.88 bits per heavy atom. The van der Waals surface area contributed by atoms with Gasteiger partial charge in [0.05, 0.1) is 10.5 Å². The molecule has 8 nitrogen and oxygen atoms in total. The molecule has 0 bridgehead atoms. The van der Waals surface area contributed by atoms with Crippen LogP contribution in [0.25, 0.3) is 22.0 Å². The maximum atomic E-state index is 13.5. The summed E-state index contributed by atoms with van der Waals surface area (Å²) in [5.74, 6) is 0.933. The van der Waals surface area contributed by atoms with E-state index in [1.807, 2.05) is 52.2 Å². The van der Waals surface area contributed by atoms with E-state index in [0.29, 0.717) is 41.8 Å². The summed E-state index contributed by atoms with van der Waals surface area (Å²) in [6, 6.07) is 20.2. The zero-order valence-electron chi connectivity index (χ0n) is 23.9. The van der Waals surface area contributed by atoms with Gasteiger partial charge in [0.25, 0.3) is 0 Å². The van der Waals surface area contributed by atoms with Crippen molar-refractivity contribution >= 4 is 39.9 Å². The molecule has 0 aliphatic carbocycles. The Balaban J connectivity index is 1.16. The number of piperazine rings is 1. The maximum absolute atomic E-state index is 13.5. The van der Waals surface area contributed by atoms with E-state index in [2.05, 4.69) is 34.4 Å². The summed E-state index contributed by atoms with van der Waals surface area (Å²) in [6.45, 7) is 6.14. The second kappa shape index (κ2) is 12.4. The molecule has 0 saturated carbocycles. The first-order valence-electron chi connectivity index (χ1n) is 14.2. The average Bonchev–Trinajstić information content (AvgIpc) is 3.45. The molecule has 2 atom stereocenters. The minimum atomic E-state index is -0.310. The topological polar surface area (TPSA) is 84.3 Å². The van der Waals surface area contributed by atoms with Crippen LogP contribution in [-0.4, -0.2) is 50.5 Å². The summed E-state index contributed by atoms with van der Waals surface area (Å²) in [4.78, 5) is 23.8. The molecule has 5 aromatic rings. The molecule has 6 rings (SSSR count). The van der Waals surface area contributed by atoms with Crippen molar-refractivity contribution in [3.8, 4) is 16.9 Å². The zero-order valence-corrected chi connectivity index (χ0v) is 24.7. The molecule has 10 heteroatoms. The average molecular weight is 599 g/mol. The Labute approximate surface area is 254 Å². The Morgan fingerprint density at radius 3 is 2.67 bits per heavy atom. The van der Waals surface area contributed by atoms with Gasteiger partial charge >= 0.3 is 0 Å². The Bertz CT molecular complexity index is 1770. The molecule has 2 aromatic heterocycles. The second-order valence-corrected chi connectivity index (χ2v) is 11.4. The lowest BCUT2D eigenvalue weighted by Gasteiger charge is -2.36. The van der Waals surface area contributed by atoms with Crippen LogP contribution in [0, 0.1) is 5.82 Å². The number of ether oxygens (including phenoxy) is 1. The van der Waals surface area contributed by atoms with Gasteiger partial charge in [-0.05, 0) is 79.1 Å². The summed E-state index contributed by atoms with van der Waals surface area (Å²) in [6.07, 6.45) is 5.45. The molecule has 0 spiro atoms. The number of rotatable bonds is 8. The normalized spacial score (nSPS) is 16.8. The minimum Gasteiger partial charge on any atom is -0.487 e. The third-order valence-corrected chi connectivity index (χ3v) is 7.72. The van der Waals surface area contributed by atoms with Gasteiger partial charge in [-0.15, -0.1) is 0 Å². The fraction of sp³-hybridized carbons (Fsp3) is 0.242. The van der Waals surface area contributed by atoms with Crippen molar-refractivity contribution in [1.82, 2.24) is 24.8 Å². The molecule has 1 aliphatic heterocycles. The first kappa shape index (κ1) is 28.6. The minimum absolute atomic E-state index is 0.116. The van der Waals surface area contributed by atoms with Crippen LogP contribution in [0.2, 0.25) is 5.02 Å². The van der Waals surface area contributed by atoms with Crippen molar-refractivity contribution in [1.29, 1.82) is 0 Å². The van der Waals surface area contributed by atoms with Crippen molar-refractivity contribution in [2.75, 3.05) is 18.4 Å². The number of anilines is 2. The number of carbonyl (C=O) groups excluding carboxylic acids is 1. The van der Waals surface area contributed by atoms with Crippen molar-refractivity contribution in [3.05, 3.63) is 102 Å². The Kier molecular flexibility index (Phi) is 8.26. The van der Waals surface area contributed by atoms with E-state index in [9.17, 15) is 9.18 Å². The van der Waals surface area contributed by atoms with Gasteiger partial charge in [-0.3, -0.25) is 4.79 Å². The van der Waals surface area contributed by atoms with Gasteiger partial charge in [-0.25, -0.2) is 14.4 Å². The number of nitrogens with one attached hydrogen (secondary N) is 2. The zero-order chi connectivity index (χ0) is 29.9. The number of benzene rings is 3. The Morgan fingerprint density at radius 1 is 1.05 bits per heavy atom. The largest absolute Gasteiger partial charge is 0.487 e. The lowest BCUT2D eigenvalue weighted by atomic mass is 10.1. The number of hydrogen-bond donors (Lipinski definition) is 2. The van der Waals surface area contributed by atoms with Gasteiger partial charge in [0.1, 0.15) is 36.9 Å². The fourth-order valence-electron chi connectivity index (χ4n) is 5.45. The first-order valence-corrected chi connectivity index (χ1v) is 14.6. The lowest BCUT2D eigenvalue weighted by molar-refractivity contribution is -0.133. The number of hydrogen-bond acceptors (Lipinski definition) is 6. The van der Waals surface area contributed by atoms with Crippen LogP contribution >= 0.6 is 11.6 Å². The van der Waals surface area contributed by atoms with E-state index >= 15 is 0 Å². The van der Waals surface area contributed by atoms with Crippen molar-refractivity contribution < 1.29 is 13.9 Å². The molecule has 3 aromatic carbocycles. The van der Waals surface area contributed by atoms with Crippen LogP contribution in [0.5, 0.6) is 5.75 Å². The second-order valence-electron chi connectivity index (χ2n) is 11.0. The quantitative estimate of drug-likeness (QED) is 0.214.